The second kappa shape index (κ2) is 10.3. The topological polar surface area (TPSA) is 93.7 Å². The van der Waals surface area contributed by atoms with Crippen molar-refractivity contribution in [2.24, 2.45) is 0 Å². The number of nitrogens with zero attached hydrogens (tertiary/aromatic N) is 1. The number of amides is 2. The number of nitrogens with one attached hydrogen (secondary N) is 3. The van der Waals surface area contributed by atoms with Gasteiger partial charge in [0.1, 0.15) is 11.8 Å². The molecule has 1 unspecified atom stereocenters. The summed E-state index contributed by atoms with van der Waals surface area (Å²) in [4.78, 5) is 28.8. The highest BCUT2D eigenvalue weighted by molar-refractivity contribution is 7.12. The van der Waals surface area contributed by atoms with Crippen LogP contribution in [-0.2, 0) is 11.2 Å². The van der Waals surface area contributed by atoms with Crippen molar-refractivity contribution < 1.29 is 14.7 Å². The van der Waals surface area contributed by atoms with Crippen molar-refractivity contribution >= 4 is 34.5 Å². The average molecular weight is 451 g/mol. The maximum absolute atomic E-state index is 13.3. The van der Waals surface area contributed by atoms with E-state index in [-0.39, 0.29) is 17.6 Å². The number of phenols is 1. The number of hydrogen-bond donors (Lipinski definition) is 4. The van der Waals surface area contributed by atoms with Crippen LogP contribution in [0.2, 0.25) is 0 Å². The lowest BCUT2D eigenvalue weighted by atomic mass is 10.0. The molecule has 7 nitrogen and oxygen atoms in total. The van der Waals surface area contributed by atoms with Crippen LogP contribution in [-0.4, -0.2) is 49.1 Å². The van der Waals surface area contributed by atoms with Crippen LogP contribution in [0.5, 0.6) is 5.75 Å². The van der Waals surface area contributed by atoms with Crippen LogP contribution in [0.25, 0.3) is 0 Å². The van der Waals surface area contributed by atoms with Gasteiger partial charge in [-0.1, -0.05) is 30.3 Å². The number of carbonyl (C=O) groups excluding carboxylic acids is 2. The maximum atomic E-state index is 13.3. The summed E-state index contributed by atoms with van der Waals surface area (Å²) in [6.07, 6.45) is 0.305. The third-order valence-electron chi connectivity index (χ3n) is 5.36. The van der Waals surface area contributed by atoms with E-state index in [1.807, 2.05) is 29.6 Å². The van der Waals surface area contributed by atoms with Crippen LogP contribution in [0.4, 0.5) is 11.4 Å². The molecule has 2 aromatic carbocycles. The van der Waals surface area contributed by atoms with E-state index in [9.17, 15) is 14.7 Å². The molecule has 0 saturated carbocycles. The minimum absolute atomic E-state index is 0.155. The van der Waals surface area contributed by atoms with Gasteiger partial charge < -0.3 is 26.0 Å². The molecule has 2 heterocycles. The van der Waals surface area contributed by atoms with Gasteiger partial charge in [-0.05, 0) is 41.3 Å². The van der Waals surface area contributed by atoms with Gasteiger partial charge in [-0.15, -0.1) is 11.3 Å². The molecule has 2 amide bonds. The first kappa shape index (κ1) is 21.9. The predicted molar refractivity (Wildman–Crippen MR) is 128 cm³/mol. The SMILES string of the molecule is O=C(NC(Cc1ccc(O)cc1)C(=O)Nc1ccccc1N1CCNCC1)c1cccs1. The molecule has 1 aliphatic rings. The monoisotopic (exact) mass is 450 g/mol. The van der Waals surface area contributed by atoms with Gasteiger partial charge in [0.15, 0.2) is 0 Å². The van der Waals surface area contributed by atoms with Crippen LogP contribution in [0.1, 0.15) is 15.2 Å². The Bertz CT molecular complexity index is 1050. The fraction of sp³-hybridized carbons (Fsp3) is 0.250. The van der Waals surface area contributed by atoms with Crippen molar-refractivity contribution in [3.8, 4) is 5.75 Å². The quantitative estimate of drug-likeness (QED) is 0.444. The number of hydrogen-bond acceptors (Lipinski definition) is 6. The van der Waals surface area contributed by atoms with Crippen molar-refractivity contribution in [3.05, 3.63) is 76.5 Å². The van der Waals surface area contributed by atoms with E-state index in [1.165, 1.54) is 11.3 Å². The summed E-state index contributed by atoms with van der Waals surface area (Å²) >= 11 is 1.33. The second-order valence-corrected chi connectivity index (χ2v) is 8.57. The van der Waals surface area contributed by atoms with E-state index in [0.717, 1.165) is 43.1 Å². The highest BCUT2D eigenvalue weighted by Crippen LogP contribution is 2.26. The van der Waals surface area contributed by atoms with E-state index in [1.54, 1.807) is 36.4 Å². The zero-order chi connectivity index (χ0) is 22.3. The Morgan fingerprint density at radius 2 is 1.78 bits per heavy atom. The first-order valence-corrected chi connectivity index (χ1v) is 11.5. The molecule has 0 spiro atoms. The lowest BCUT2D eigenvalue weighted by Crippen LogP contribution is -2.46. The molecule has 1 aliphatic heterocycles. The second-order valence-electron chi connectivity index (χ2n) is 7.62. The zero-order valence-electron chi connectivity index (χ0n) is 17.6. The van der Waals surface area contributed by atoms with Crippen LogP contribution in [0.15, 0.2) is 66.0 Å². The van der Waals surface area contributed by atoms with E-state index in [4.69, 9.17) is 0 Å². The molecule has 0 bridgehead atoms. The summed E-state index contributed by atoms with van der Waals surface area (Å²) in [6.45, 7) is 3.50. The molecule has 0 aliphatic carbocycles. The summed E-state index contributed by atoms with van der Waals surface area (Å²) in [6, 6.07) is 17.1. The highest BCUT2D eigenvalue weighted by Gasteiger charge is 2.24. The molecule has 4 rings (SSSR count). The van der Waals surface area contributed by atoms with Crippen molar-refractivity contribution in [3.63, 3.8) is 0 Å². The largest absolute Gasteiger partial charge is 0.508 e. The third kappa shape index (κ3) is 5.46. The Morgan fingerprint density at radius 3 is 2.50 bits per heavy atom. The smallest absolute Gasteiger partial charge is 0.262 e. The minimum Gasteiger partial charge on any atom is -0.508 e. The third-order valence-corrected chi connectivity index (χ3v) is 6.23. The standard InChI is InChI=1S/C24H26N4O3S/c29-18-9-7-17(8-10-18)16-20(27-24(31)22-6-3-15-32-22)23(30)26-19-4-1-2-5-21(19)28-13-11-25-12-14-28/h1-10,15,20,25,29H,11-14,16H2,(H,26,30)(H,27,31). The zero-order valence-corrected chi connectivity index (χ0v) is 18.4. The Morgan fingerprint density at radius 1 is 1.03 bits per heavy atom. The predicted octanol–water partition coefficient (Wildman–Crippen LogP) is 2.84. The summed E-state index contributed by atoms with van der Waals surface area (Å²) in [5.41, 5.74) is 2.53. The number of aromatic hydroxyl groups is 1. The molecule has 4 N–H and O–H groups in total. The van der Waals surface area contributed by atoms with E-state index < -0.39 is 6.04 Å². The first-order chi connectivity index (χ1) is 15.6. The van der Waals surface area contributed by atoms with Gasteiger partial charge in [0.2, 0.25) is 5.91 Å². The Balaban J connectivity index is 1.54. The lowest BCUT2D eigenvalue weighted by Gasteiger charge is -2.31. The number of rotatable bonds is 7. The number of piperazine rings is 1. The van der Waals surface area contributed by atoms with E-state index in [2.05, 4.69) is 20.9 Å². The minimum atomic E-state index is -0.773. The fourth-order valence-electron chi connectivity index (χ4n) is 3.69. The summed E-state index contributed by atoms with van der Waals surface area (Å²) in [7, 11) is 0. The van der Waals surface area contributed by atoms with Gasteiger partial charge in [0, 0.05) is 32.6 Å². The molecular formula is C24H26N4O3S. The van der Waals surface area contributed by atoms with Gasteiger partial charge >= 0.3 is 0 Å². The van der Waals surface area contributed by atoms with Gasteiger partial charge in [-0.2, -0.15) is 0 Å². The molecular weight excluding hydrogens is 424 g/mol. The number of phenolic OH excluding ortho intramolecular Hbond substituents is 1. The highest BCUT2D eigenvalue weighted by atomic mass is 32.1. The number of benzene rings is 2. The Hall–Kier alpha value is -3.36. The number of thiophene rings is 1. The van der Waals surface area contributed by atoms with Crippen molar-refractivity contribution in [2.75, 3.05) is 36.4 Å². The van der Waals surface area contributed by atoms with E-state index in [0.29, 0.717) is 11.3 Å². The Kier molecular flexibility index (Phi) is 7.03. The molecule has 8 heteroatoms. The van der Waals surface area contributed by atoms with Crippen LogP contribution in [0, 0.1) is 0 Å². The molecule has 0 radical (unpaired) electrons. The Labute approximate surface area is 191 Å². The molecule has 1 aromatic heterocycles. The molecule has 1 fully saturated rings. The number of para-hydroxylation sites is 2. The van der Waals surface area contributed by atoms with Gasteiger partial charge in [-0.3, -0.25) is 9.59 Å². The number of carbonyl (C=O) groups is 2. The van der Waals surface area contributed by atoms with Crippen molar-refractivity contribution in [1.82, 2.24) is 10.6 Å². The summed E-state index contributed by atoms with van der Waals surface area (Å²) < 4.78 is 0. The molecule has 32 heavy (non-hydrogen) atoms. The molecule has 1 saturated heterocycles. The summed E-state index contributed by atoms with van der Waals surface area (Å²) in [5, 5.41) is 20.6. The van der Waals surface area contributed by atoms with Gasteiger partial charge in [-0.25, -0.2) is 0 Å². The first-order valence-electron chi connectivity index (χ1n) is 10.6. The van der Waals surface area contributed by atoms with Gasteiger partial charge in [0.05, 0.1) is 16.3 Å². The van der Waals surface area contributed by atoms with Gasteiger partial charge in [0.25, 0.3) is 5.91 Å². The number of anilines is 2. The molecule has 166 valence electrons. The van der Waals surface area contributed by atoms with E-state index >= 15 is 0 Å². The van der Waals surface area contributed by atoms with Crippen LogP contribution in [0.3, 0.4) is 0 Å². The van der Waals surface area contributed by atoms with Crippen LogP contribution < -0.4 is 20.9 Å². The normalized spacial score (nSPS) is 14.6. The van der Waals surface area contributed by atoms with Crippen molar-refractivity contribution in [2.45, 2.75) is 12.5 Å². The van der Waals surface area contributed by atoms with Crippen molar-refractivity contribution in [1.29, 1.82) is 0 Å². The summed E-state index contributed by atoms with van der Waals surface area (Å²) in [5.74, 6) is -0.415. The average Bonchev–Trinajstić information content (AvgIpc) is 3.36. The molecule has 3 aromatic rings. The molecule has 1 atom stereocenters. The lowest BCUT2D eigenvalue weighted by molar-refractivity contribution is -0.118. The van der Waals surface area contributed by atoms with Crippen LogP contribution >= 0.6 is 11.3 Å². The maximum Gasteiger partial charge on any atom is 0.262 e. The fourth-order valence-corrected chi connectivity index (χ4v) is 4.32.